The summed E-state index contributed by atoms with van der Waals surface area (Å²) >= 11 is 0. The molecular formula is C23H40O9. The minimum atomic E-state index is -1.60. The summed E-state index contributed by atoms with van der Waals surface area (Å²) in [5, 5.41) is 62.4. The van der Waals surface area contributed by atoms with Gasteiger partial charge < -0.3 is 35.4 Å². The third-order valence-corrected chi connectivity index (χ3v) is 7.66. The van der Waals surface area contributed by atoms with Gasteiger partial charge in [-0.25, -0.2) is 9.78 Å². The smallest absolute Gasteiger partial charge is 0.220 e. The summed E-state index contributed by atoms with van der Waals surface area (Å²) < 4.78 is 5.60. The van der Waals surface area contributed by atoms with Crippen LogP contribution in [0, 0.1) is 11.8 Å². The van der Waals surface area contributed by atoms with Crippen molar-refractivity contribution in [1.82, 2.24) is 0 Å². The molecule has 1 aliphatic heterocycles. The third kappa shape index (κ3) is 4.64. The van der Waals surface area contributed by atoms with E-state index in [1.54, 1.807) is 6.08 Å². The van der Waals surface area contributed by atoms with Crippen LogP contribution in [0.25, 0.3) is 0 Å². The summed E-state index contributed by atoms with van der Waals surface area (Å²) in [5.74, 6) is -0.352. The van der Waals surface area contributed by atoms with Crippen molar-refractivity contribution in [3.8, 4) is 0 Å². The normalized spacial score (nSPS) is 49.1. The molecule has 0 aromatic heterocycles. The first-order valence-electron chi connectivity index (χ1n) is 11.8. The maximum absolute atomic E-state index is 11.3. The molecule has 0 spiro atoms. The quantitative estimate of drug-likeness (QED) is 0.173. The molecule has 3 rings (SSSR count). The van der Waals surface area contributed by atoms with Crippen molar-refractivity contribution in [2.45, 2.75) is 113 Å². The second kappa shape index (κ2) is 9.93. The number of hydrogen-bond acceptors (Lipinski definition) is 9. The van der Waals surface area contributed by atoms with Crippen LogP contribution >= 0.6 is 0 Å². The molecule has 1 saturated heterocycles. The SMILES string of the molecule is CCCC1(O)CCC2C1C=CC(O)CC2(CCC)OOC1OC(C)(CO)C(O)C(O)C1O. The Hall–Kier alpha value is -0.620. The molecule has 1 saturated carbocycles. The van der Waals surface area contributed by atoms with Crippen LogP contribution in [0.15, 0.2) is 12.2 Å². The molecule has 9 nitrogen and oxygen atoms in total. The molecule has 0 bridgehead atoms. The Morgan fingerprint density at radius 3 is 2.34 bits per heavy atom. The van der Waals surface area contributed by atoms with Crippen LogP contribution in [0.1, 0.15) is 65.7 Å². The topological polar surface area (TPSA) is 149 Å². The van der Waals surface area contributed by atoms with Crippen LogP contribution in [0.2, 0.25) is 0 Å². The van der Waals surface area contributed by atoms with Gasteiger partial charge in [0.05, 0.1) is 18.3 Å². The van der Waals surface area contributed by atoms with E-state index in [4.69, 9.17) is 14.5 Å². The lowest BCUT2D eigenvalue weighted by atomic mass is 9.73. The van der Waals surface area contributed by atoms with E-state index in [-0.39, 0.29) is 18.3 Å². The first-order chi connectivity index (χ1) is 15.1. The van der Waals surface area contributed by atoms with Crippen LogP contribution in [0.4, 0.5) is 0 Å². The maximum Gasteiger partial charge on any atom is 0.220 e. The van der Waals surface area contributed by atoms with Gasteiger partial charge in [-0.05, 0) is 32.6 Å². The van der Waals surface area contributed by atoms with Crippen LogP contribution < -0.4 is 0 Å². The van der Waals surface area contributed by atoms with E-state index in [9.17, 15) is 30.6 Å². The van der Waals surface area contributed by atoms with Gasteiger partial charge in [0.25, 0.3) is 0 Å². The Labute approximate surface area is 189 Å². The molecule has 32 heavy (non-hydrogen) atoms. The molecule has 6 N–H and O–H groups in total. The molecule has 2 aliphatic carbocycles. The first kappa shape index (κ1) is 26.0. The van der Waals surface area contributed by atoms with Crippen molar-refractivity contribution in [1.29, 1.82) is 0 Å². The zero-order valence-electron chi connectivity index (χ0n) is 19.3. The van der Waals surface area contributed by atoms with Gasteiger partial charge in [0, 0.05) is 18.3 Å². The number of fused-ring (bicyclic) bond motifs is 1. The van der Waals surface area contributed by atoms with Crippen molar-refractivity contribution in [2.75, 3.05) is 6.61 Å². The molecule has 1 heterocycles. The molecule has 10 unspecified atom stereocenters. The lowest BCUT2D eigenvalue weighted by molar-refractivity contribution is -0.477. The van der Waals surface area contributed by atoms with Crippen molar-refractivity contribution < 1.29 is 45.2 Å². The fourth-order valence-electron chi connectivity index (χ4n) is 5.89. The highest BCUT2D eigenvalue weighted by atomic mass is 17.2. The Morgan fingerprint density at radius 1 is 1.03 bits per heavy atom. The molecule has 186 valence electrons. The van der Waals surface area contributed by atoms with E-state index in [2.05, 4.69) is 0 Å². The zero-order valence-corrected chi connectivity index (χ0v) is 19.3. The van der Waals surface area contributed by atoms with E-state index in [0.717, 1.165) is 12.8 Å². The predicted octanol–water partition coefficient (Wildman–Crippen LogP) is 0.542. The minimum Gasteiger partial charge on any atom is -0.393 e. The van der Waals surface area contributed by atoms with E-state index in [0.29, 0.717) is 25.7 Å². The number of aliphatic hydroxyl groups is 6. The third-order valence-electron chi connectivity index (χ3n) is 7.66. The van der Waals surface area contributed by atoms with Gasteiger partial charge >= 0.3 is 0 Å². The fraction of sp³-hybridized carbons (Fsp3) is 0.913. The highest BCUT2D eigenvalue weighted by Gasteiger charge is 2.57. The molecule has 0 aromatic carbocycles. The van der Waals surface area contributed by atoms with Crippen LogP contribution in [-0.2, 0) is 14.5 Å². The lowest BCUT2D eigenvalue weighted by Crippen LogP contribution is -2.65. The highest BCUT2D eigenvalue weighted by Crippen LogP contribution is 2.53. The molecule has 0 amide bonds. The molecule has 3 aliphatic rings. The largest absolute Gasteiger partial charge is 0.393 e. The Bertz CT molecular complexity index is 659. The summed E-state index contributed by atoms with van der Waals surface area (Å²) in [7, 11) is 0. The van der Waals surface area contributed by atoms with E-state index in [1.165, 1.54) is 6.92 Å². The Morgan fingerprint density at radius 2 is 1.72 bits per heavy atom. The fourth-order valence-corrected chi connectivity index (χ4v) is 5.89. The summed E-state index contributed by atoms with van der Waals surface area (Å²) in [4.78, 5) is 11.6. The van der Waals surface area contributed by atoms with Crippen molar-refractivity contribution in [3.63, 3.8) is 0 Å². The maximum atomic E-state index is 11.3. The molecule has 2 fully saturated rings. The zero-order chi connectivity index (χ0) is 23.7. The Balaban J connectivity index is 1.86. The molecular weight excluding hydrogens is 420 g/mol. The highest BCUT2D eigenvalue weighted by molar-refractivity contribution is 5.16. The summed E-state index contributed by atoms with van der Waals surface area (Å²) in [5.41, 5.74) is -3.40. The summed E-state index contributed by atoms with van der Waals surface area (Å²) in [6.45, 7) is 4.82. The minimum absolute atomic E-state index is 0.132. The van der Waals surface area contributed by atoms with Crippen LogP contribution in [0.5, 0.6) is 0 Å². The van der Waals surface area contributed by atoms with Crippen molar-refractivity contribution >= 4 is 0 Å². The van der Waals surface area contributed by atoms with Crippen LogP contribution in [-0.4, -0.2) is 84.8 Å². The molecule has 0 radical (unpaired) electrons. The van der Waals surface area contributed by atoms with Gasteiger partial charge in [-0.2, -0.15) is 0 Å². The van der Waals surface area contributed by atoms with Gasteiger partial charge in [0.1, 0.15) is 29.5 Å². The number of ether oxygens (including phenoxy) is 1. The average molecular weight is 461 g/mol. The monoisotopic (exact) mass is 460 g/mol. The second-order valence-corrected chi connectivity index (χ2v) is 10.1. The van der Waals surface area contributed by atoms with Gasteiger partial charge in [-0.1, -0.05) is 38.8 Å². The predicted molar refractivity (Wildman–Crippen MR) is 114 cm³/mol. The standard InChI is InChI=1S/C23H40O9/c1-4-9-22(29)11-8-16-15(22)7-6-14(25)12-23(16,10-5-2)32-31-20-18(27)17(26)19(28)21(3,13-24)30-20/h6-7,14-20,24-29H,4-5,8-13H2,1-3H3. The molecule has 9 heteroatoms. The molecule has 10 atom stereocenters. The number of hydrogen-bond donors (Lipinski definition) is 6. The summed E-state index contributed by atoms with van der Waals surface area (Å²) in [6, 6.07) is 0. The van der Waals surface area contributed by atoms with E-state index in [1.807, 2.05) is 19.9 Å². The molecule has 0 aromatic rings. The summed E-state index contributed by atoms with van der Waals surface area (Å²) in [6.07, 6.45) is 0.911. The Kier molecular flexibility index (Phi) is 8.07. The van der Waals surface area contributed by atoms with Gasteiger partial charge in [0.2, 0.25) is 6.29 Å². The lowest BCUT2D eigenvalue weighted by Gasteiger charge is -2.47. The second-order valence-electron chi connectivity index (χ2n) is 10.1. The average Bonchev–Trinajstić information content (AvgIpc) is 3.01. The van der Waals surface area contributed by atoms with Crippen molar-refractivity contribution in [3.05, 3.63) is 12.2 Å². The first-order valence-corrected chi connectivity index (χ1v) is 11.8. The van der Waals surface area contributed by atoms with Crippen LogP contribution in [0.3, 0.4) is 0 Å². The van der Waals surface area contributed by atoms with E-state index < -0.39 is 54.1 Å². The van der Waals surface area contributed by atoms with E-state index >= 15 is 0 Å². The number of aliphatic hydroxyl groups excluding tert-OH is 5. The number of rotatable bonds is 8. The van der Waals surface area contributed by atoms with Gasteiger partial charge in [-0.3, -0.25) is 0 Å². The van der Waals surface area contributed by atoms with Gasteiger partial charge in [-0.15, -0.1) is 0 Å². The van der Waals surface area contributed by atoms with Gasteiger partial charge in [0.15, 0.2) is 0 Å². The van der Waals surface area contributed by atoms with Crippen molar-refractivity contribution in [2.24, 2.45) is 11.8 Å².